The van der Waals surface area contributed by atoms with Gasteiger partial charge in [0.25, 0.3) is 5.91 Å². The molecule has 2 N–H and O–H groups in total. The van der Waals surface area contributed by atoms with E-state index in [2.05, 4.69) is 25.5 Å². The Kier molecular flexibility index (Phi) is 2.89. The van der Waals surface area contributed by atoms with E-state index in [4.69, 9.17) is 0 Å². The molecule has 6 nitrogen and oxygen atoms in total. The first-order valence-electron chi connectivity index (χ1n) is 5.80. The number of rotatable bonds is 3. The lowest BCUT2D eigenvalue weighted by Crippen LogP contribution is -2.23. The second-order valence-corrected chi connectivity index (χ2v) is 4.01. The number of H-pyrrole nitrogens is 1. The number of aromatic nitrogens is 4. The standard InChI is InChI=1S/C13H11N5O/c19-13(16-8-12-14-4-1-5-15-12)9-2-3-11-10(6-9)7-17-18-11/h1-7H,8H2,(H,16,19)(H,17,18). The van der Waals surface area contributed by atoms with Gasteiger partial charge in [0, 0.05) is 29.5 Å². The monoisotopic (exact) mass is 253 g/mol. The molecule has 0 spiro atoms. The van der Waals surface area contributed by atoms with Gasteiger partial charge in [0.2, 0.25) is 0 Å². The van der Waals surface area contributed by atoms with Crippen LogP contribution in [0.1, 0.15) is 16.2 Å². The summed E-state index contributed by atoms with van der Waals surface area (Å²) in [5.41, 5.74) is 1.42. The van der Waals surface area contributed by atoms with Crippen LogP contribution in [0, 0.1) is 0 Å². The van der Waals surface area contributed by atoms with Crippen LogP contribution in [0.15, 0.2) is 42.9 Å². The highest BCUT2D eigenvalue weighted by Crippen LogP contribution is 2.12. The fraction of sp³-hybridized carbons (Fsp3) is 0.0769. The summed E-state index contributed by atoms with van der Waals surface area (Å²) in [6.45, 7) is 0.309. The van der Waals surface area contributed by atoms with Crippen molar-refractivity contribution in [3.05, 3.63) is 54.2 Å². The van der Waals surface area contributed by atoms with E-state index in [1.807, 2.05) is 0 Å². The van der Waals surface area contributed by atoms with Crippen LogP contribution in [0.25, 0.3) is 10.9 Å². The van der Waals surface area contributed by atoms with E-state index in [-0.39, 0.29) is 5.91 Å². The van der Waals surface area contributed by atoms with Crippen molar-refractivity contribution >= 4 is 16.8 Å². The molecule has 0 aliphatic carbocycles. The maximum absolute atomic E-state index is 12.0. The maximum Gasteiger partial charge on any atom is 0.251 e. The molecule has 1 aromatic carbocycles. The summed E-state index contributed by atoms with van der Waals surface area (Å²) in [5.74, 6) is 0.427. The average Bonchev–Trinajstić information content (AvgIpc) is 2.93. The van der Waals surface area contributed by atoms with Gasteiger partial charge in [-0.1, -0.05) is 0 Å². The molecule has 0 atom stereocenters. The zero-order valence-electron chi connectivity index (χ0n) is 10.00. The van der Waals surface area contributed by atoms with E-state index in [1.54, 1.807) is 42.9 Å². The Balaban J connectivity index is 1.73. The molecule has 0 aliphatic rings. The molecular weight excluding hydrogens is 242 g/mol. The fourth-order valence-corrected chi connectivity index (χ4v) is 1.77. The number of nitrogens with one attached hydrogen (secondary N) is 2. The van der Waals surface area contributed by atoms with E-state index in [0.29, 0.717) is 17.9 Å². The topological polar surface area (TPSA) is 83.6 Å². The maximum atomic E-state index is 12.0. The minimum Gasteiger partial charge on any atom is -0.345 e. The van der Waals surface area contributed by atoms with Crippen LogP contribution < -0.4 is 5.32 Å². The van der Waals surface area contributed by atoms with Gasteiger partial charge in [0.1, 0.15) is 5.82 Å². The molecular formula is C13H11N5O. The summed E-state index contributed by atoms with van der Waals surface area (Å²) in [6.07, 6.45) is 5.05. The number of amides is 1. The summed E-state index contributed by atoms with van der Waals surface area (Å²) in [6, 6.07) is 7.07. The van der Waals surface area contributed by atoms with E-state index in [9.17, 15) is 4.79 Å². The average molecular weight is 253 g/mol. The molecule has 0 fully saturated rings. The Morgan fingerprint density at radius 2 is 2.11 bits per heavy atom. The number of aromatic amines is 1. The molecule has 2 heterocycles. The lowest BCUT2D eigenvalue weighted by molar-refractivity contribution is 0.0950. The van der Waals surface area contributed by atoms with Crippen molar-refractivity contribution in [2.24, 2.45) is 0 Å². The van der Waals surface area contributed by atoms with Gasteiger partial charge in [0.15, 0.2) is 0 Å². The molecule has 1 amide bonds. The summed E-state index contributed by atoms with van der Waals surface area (Å²) >= 11 is 0. The molecule has 0 saturated heterocycles. The second-order valence-electron chi connectivity index (χ2n) is 4.01. The number of hydrogen-bond acceptors (Lipinski definition) is 4. The van der Waals surface area contributed by atoms with Crippen LogP contribution >= 0.6 is 0 Å². The van der Waals surface area contributed by atoms with Gasteiger partial charge in [-0.05, 0) is 24.3 Å². The van der Waals surface area contributed by atoms with Gasteiger partial charge < -0.3 is 5.32 Å². The van der Waals surface area contributed by atoms with Gasteiger partial charge in [-0.15, -0.1) is 0 Å². The quantitative estimate of drug-likeness (QED) is 0.736. The Morgan fingerprint density at radius 3 is 2.95 bits per heavy atom. The molecule has 0 bridgehead atoms. The molecule has 2 aromatic heterocycles. The molecule has 3 rings (SSSR count). The largest absolute Gasteiger partial charge is 0.345 e. The zero-order chi connectivity index (χ0) is 13.1. The molecule has 0 aliphatic heterocycles. The van der Waals surface area contributed by atoms with Gasteiger partial charge in [-0.3, -0.25) is 9.89 Å². The molecule has 0 saturated carbocycles. The third-order valence-corrected chi connectivity index (χ3v) is 2.72. The molecule has 0 unspecified atom stereocenters. The van der Waals surface area contributed by atoms with Crippen molar-refractivity contribution in [3.63, 3.8) is 0 Å². The van der Waals surface area contributed by atoms with Crippen molar-refractivity contribution in [2.45, 2.75) is 6.54 Å². The molecule has 3 aromatic rings. The van der Waals surface area contributed by atoms with E-state index < -0.39 is 0 Å². The number of carbonyl (C=O) groups excluding carboxylic acids is 1. The summed E-state index contributed by atoms with van der Waals surface area (Å²) in [7, 11) is 0. The minimum absolute atomic E-state index is 0.157. The molecule has 0 radical (unpaired) electrons. The molecule has 6 heteroatoms. The Labute approximate surface area is 108 Å². The lowest BCUT2D eigenvalue weighted by atomic mass is 10.1. The van der Waals surface area contributed by atoms with Gasteiger partial charge in [-0.25, -0.2) is 9.97 Å². The first-order valence-corrected chi connectivity index (χ1v) is 5.80. The highest BCUT2D eigenvalue weighted by Gasteiger charge is 2.07. The third-order valence-electron chi connectivity index (χ3n) is 2.72. The number of nitrogens with zero attached hydrogens (tertiary/aromatic N) is 3. The van der Waals surface area contributed by atoms with Crippen LogP contribution in [0.5, 0.6) is 0 Å². The van der Waals surface area contributed by atoms with Crippen molar-refractivity contribution < 1.29 is 4.79 Å². The van der Waals surface area contributed by atoms with E-state index in [1.165, 1.54) is 0 Å². The van der Waals surface area contributed by atoms with Crippen LogP contribution in [-0.4, -0.2) is 26.1 Å². The van der Waals surface area contributed by atoms with Crippen molar-refractivity contribution in [3.8, 4) is 0 Å². The van der Waals surface area contributed by atoms with Crippen LogP contribution in [-0.2, 0) is 6.54 Å². The van der Waals surface area contributed by atoms with Crippen molar-refractivity contribution in [1.29, 1.82) is 0 Å². The van der Waals surface area contributed by atoms with Crippen molar-refractivity contribution in [1.82, 2.24) is 25.5 Å². The van der Waals surface area contributed by atoms with Crippen LogP contribution in [0.2, 0.25) is 0 Å². The first kappa shape index (κ1) is 11.3. The lowest BCUT2D eigenvalue weighted by Gasteiger charge is -2.04. The van der Waals surface area contributed by atoms with E-state index in [0.717, 1.165) is 10.9 Å². The smallest absolute Gasteiger partial charge is 0.251 e. The predicted molar refractivity (Wildman–Crippen MR) is 69.3 cm³/mol. The number of benzene rings is 1. The Morgan fingerprint density at radius 1 is 1.26 bits per heavy atom. The summed E-state index contributed by atoms with van der Waals surface area (Å²) in [5, 5.41) is 10.5. The Hall–Kier alpha value is -2.76. The minimum atomic E-state index is -0.157. The van der Waals surface area contributed by atoms with Gasteiger partial charge >= 0.3 is 0 Å². The predicted octanol–water partition coefficient (Wildman–Crippen LogP) is 1.28. The van der Waals surface area contributed by atoms with Gasteiger partial charge in [-0.2, -0.15) is 5.10 Å². The van der Waals surface area contributed by atoms with E-state index >= 15 is 0 Å². The Bertz CT molecular complexity index is 707. The zero-order valence-corrected chi connectivity index (χ0v) is 10.00. The van der Waals surface area contributed by atoms with Crippen LogP contribution in [0.4, 0.5) is 0 Å². The molecule has 94 valence electrons. The highest BCUT2D eigenvalue weighted by molar-refractivity contribution is 5.97. The second kappa shape index (κ2) is 4.85. The van der Waals surface area contributed by atoms with Crippen molar-refractivity contribution in [2.75, 3.05) is 0 Å². The number of fused-ring (bicyclic) bond motifs is 1. The summed E-state index contributed by atoms with van der Waals surface area (Å²) < 4.78 is 0. The number of carbonyl (C=O) groups is 1. The number of hydrogen-bond donors (Lipinski definition) is 2. The van der Waals surface area contributed by atoms with Crippen LogP contribution in [0.3, 0.4) is 0 Å². The fourth-order valence-electron chi connectivity index (χ4n) is 1.77. The third kappa shape index (κ3) is 2.42. The molecule has 19 heavy (non-hydrogen) atoms. The van der Waals surface area contributed by atoms with Gasteiger partial charge in [0.05, 0.1) is 12.1 Å². The first-order chi connectivity index (χ1) is 9.33. The SMILES string of the molecule is O=C(NCc1ncccn1)c1ccc2n[nH]cc2c1. The normalized spacial score (nSPS) is 10.5. The highest BCUT2D eigenvalue weighted by atomic mass is 16.1. The summed E-state index contributed by atoms with van der Waals surface area (Å²) in [4.78, 5) is 20.1.